The molecule has 0 aliphatic rings. The van der Waals surface area contributed by atoms with E-state index in [0.29, 0.717) is 39.5 Å². The van der Waals surface area contributed by atoms with Crippen molar-refractivity contribution in [1.29, 1.82) is 0 Å². The molecule has 0 unspecified atom stereocenters. The van der Waals surface area contributed by atoms with Crippen LogP contribution in [0.25, 0.3) is 0 Å². The summed E-state index contributed by atoms with van der Waals surface area (Å²) in [7, 11) is 0. The molecule has 40 heavy (non-hydrogen) atoms. The van der Waals surface area contributed by atoms with Crippen LogP contribution in [0.5, 0.6) is 11.5 Å². The maximum absolute atomic E-state index is 11.6. The highest BCUT2D eigenvalue weighted by atomic mass is 16.6. The van der Waals surface area contributed by atoms with Gasteiger partial charge in [0.15, 0.2) is 11.6 Å². The summed E-state index contributed by atoms with van der Waals surface area (Å²) in [6.07, 6.45) is 3.02. The number of benzene rings is 3. The topological polar surface area (TPSA) is 196 Å². The van der Waals surface area contributed by atoms with Crippen molar-refractivity contribution in [3.63, 3.8) is 0 Å². The summed E-state index contributed by atoms with van der Waals surface area (Å²) in [5.74, 6) is -0.0359. The lowest BCUT2D eigenvalue weighted by Gasteiger charge is -2.21. The van der Waals surface area contributed by atoms with Crippen LogP contribution in [0, 0.1) is 24.0 Å². The van der Waals surface area contributed by atoms with Gasteiger partial charge in [-0.3, -0.25) is 10.1 Å². The first-order valence-corrected chi connectivity index (χ1v) is 11.8. The Bertz CT molecular complexity index is 1660. The summed E-state index contributed by atoms with van der Waals surface area (Å²) >= 11 is 0. The standard InChI is InChI=1S/C25H21N11O4/c1-15-28-30-32-34(15)26-13-17-6-8-23(37)21(10-17)25(19-4-3-5-20(12-19)36(39)40)22-11-18(7-9-24(22)38)14-27-35-16(2)29-31-33-35/h3-14,25,37-38H,1-2H3. The molecule has 2 aromatic heterocycles. The molecule has 0 radical (unpaired) electrons. The lowest BCUT2D eigenvalue weighted by atomic mass is 9.83. The first-order chi connectivity index (χ1) is 19.3. The average molecular weight is 540 g/mol. The van der Waals surface area contributed by atoms with Crippen molar-refractivity contribution in [2.24, 2.45) is 10.2 Å². The number of tetrazole rings is 2. The number of phenols is 2. The summed E-state index contributed by atoms with van der Waals surface area (Å²) in [4.78, 5) is 13.6. The third kappa shape index (κ3) is 5.38. The molecule has 0 fully saturated rings. The van der Waals surface area contributed by atoms with Gasteiger partial charge in [0, 0.05) is 29.2 Å². The molecule has 15 nitrogen and oxygen atoms in total. The molecule has 0 atom stereocenters. The third-order valence-corrected chi connectivity index (χ3v) is 5.98. The minimum absolute atomic E-state index is 0.0879. The zero-order valence-corrected chi connectivity index (χ0v) is 21.1. The zero-order chi connectivity index (χ0) is 28.2. The van der Waals surface area contributed by atoms with Gasteiger partial charge >= 0.3 is 0 Å². The van der Waals surface area contributed by atoms with Crippen LogP contribution in [-0.2, 0) is 0 Å². The van der Waals surface area contributed by atoms with E-state index in [1.54, 1.807) is 50.2 Å². The van der Waals surface area contributed by atoms with Gasteiger partial charge in [-0.15, -0.1) is 19.8 Å². The first kappa shape index (κ1) is 25.8. The minimum atomic E-state index is -0.814. The number of aryl methyl sites for hydroxylation is 2. The summed E-state index contributed by atoms with van der Waals surface area (Å²) < 4.78 is 0. The molecule has 5 aromatic rings. The lowest BCUT2D eigenvalue weighted by Crippen LogP contribution is -2.07. The number of phenolic OH excluding ortho intramolecular Hbond substituents is 2. The molecule has 3 aromatic carbocycles. The smallest absolute Gasteiger partial charge is 0.269 e. The normalized spacial score (nSPS) is 12.3. The molecule has 0 saturated carbocycles. The van der Waals surface area contributed by atoms with E-state index in [2.05, 4.69) is 41.3 Å². The van der Waals surface area contributed by atoms with Crippen molar-refractivity contribution >= 4 is 18.1 Å². The highest BCUT2D eigenvalue weighted by molar-refractivity contribution is 5.82. The number of nitrogens with zero attached hydrogens (tertiary/aromatic N) is 11. The largest absolute Gasteiger partial charge is 0.508 e. The molecule has 0 aliphatic carbocycles. The van der Waals surface area contributed by atoms with Crippen molar-refractivity contribution in [3.8, 4) is 11.5 Å². The first-order valence-electron chi connectivity index (χ1n) is 11.8. The molecular formula is C25H21N11O4. The van der Waals surface area contributed by atoms with Crippen LogP contribution >= 0.6 is 0 Å². The van der Waals surface area contributed by atoms with Crippen LogP contribution in [0.1, 0.15) is 45.4 Å². The quantitative estimate of drug-likeness (QED) is 0.128. The molecule has 5 rings (SSSR count). The van der Waals surface area contributed by atoms with Gasteiger partial charge in [0.25, 0.3) is 5.69 Å². The molecule has 0 amide bonds. The van der Waals surface area contributed by atoms with Crippen molar-refractivity contribution in [3.05, 3.63) is 110 Å². The van der Waals surface area contributed by atoms with Crippen LogP contribution in [0.2, 0.25) is 0 Å². The Kier molecular flexibility index (Phi) is 7.00. The van der Waals surface area contributed by atoms with Crippen molar-refractivity contribution in [2.75, 3.05) is 0 Å². The molecule has 200 valence electrons. The van der Waals surface area contributed by atoms with Crippen LogP contribution in [-0.4, -0.2) is 68.2 Å². The number of hydrogen-bond donors (Lipinski definition) is 2. The Hall–Kier alpha value is -5.86. The monoisotopic (exact) mass is 539 g/mol. The number of aromatic hydroxyl groups is 2. The maximum Gasteiger partial charge on any atom is 0.269 e. The van der Waals surface area contributed by atoms with E-state index in [-0.39, 0.29) is 17.2 Å². The fourth-order valence-corrected chi connectivity index (χ4v) is 4.02. The highest BCUT2D eigenvalue weighted by Gasteiger charge is 2.25. The predicted octanol–water partition coefficient (Wildman–Crippen LogP) is 2.54. The fraction of sp³-hybridized carbons (Fsp3) is 0.120. The molecule has 0 saturated heterocycles. The van der Waals surface area contributed by atoms with Gasteiger partial charge in [-0.1, -0.05) is 12.1 Å². The molecular weight excluding hydrogens is 518 g/mol. The van der Waals surface area contributed by atoms with E-state index in [1.807, 2.05) is 0 Å². The predicted molar refractivity (Wildman–Crippen MR) is 141 cm³/mol. The van der Waals surface area contributed by atoms with E-state index in [0.717, 1.165) is 0 Å². The molecule has 2 heterocycles. The van der Waals surface area contributed by atoms with Gasteiger partial charge in [-0.2, -0.15) is 10.2 Å². The summed E-state index contributed by atoms with van der Waals surface area (Å²) in [5, 5.41) is 64.2. The number of nitro groups is 1. The van der Waals surface area contributed by atoms with Crippen LogP contribution in [0.4, 0.5) is 5.69 Å². The minimum Gasteiger partial charge on any atom is -0.508 e. The van der Waals surface area contributed by atoms with Gasteiger partial charge in [-0.25, -0.2) is 0 Å². The summed E-state index contributed by atoms with van der Waals surface area (Å²) in [5.41, 5.74) is 2.25. The SMILES string of the molecule is Cc1nnnn1N=Cc1ccc(O)c(C(c2cccc([N+](=O)[O-])c2)c2cc(C=Nn3nnnc3C)ccc2O)c1. The van der Waals surface area contributed by atoms with Crippen LogP contribution < -0.4 is 0 Å². The second kappa shape index (κ2) is 10.9. The molecule has 0 bridgehead atoms. The van der Waals surface area contributed by atoms with Crippen molar-refractivity contribution < 1.29 is 15.1 Å². The zero-order valence-electron chi connectivity index (χ0n) is 21.1. The number of rotatable bonds is 8. The molecule has 0 aliphatic heterocycles. The van der Waals surface area contributed by atoms with Gasteiger partial charge in [-0.05, 0) is 87.8 Å². The molecule has 2 N–H and O–H groups in total. The number of nitro benzene ring substituents is 1. The summed E-state index contributed by atoms with van der Waals surface area (Å²) in [6.45, 7) is 3.38. The number of aromatic nitrogens is 8. The number of non-ortho nitro benzene ring substituents is 1. The van der Waals surface area contributed by atoms with Gasteiger partial charge in [0.1, 0.15) is 11.5 Å². The van der Waals surface area contributed by atoms with E-state index in [4.69, 9.17) is 0 Å². The van der Waals surface area contributed by atoms with E-state index in [1.165, 1.54) is 46.3 Å². The lowest BCUT2D eigenvalue weighted by molar-refractivity contribution is -0.384. The summed E-state index contributed by atoms with van der Waals surface area (Å²) in [6, 6.07) is 15.6. The Labute approximate surface area is 225 Å². The Morgan fingerprint density at radius 2 is 1.35 bits per heavy atom. The second-order valence-corrected chi connectivity index (χ2v) is 8.64. The van der Waals surface area contributed by atoms with Gasteiger partial charge < -0.3 is 10.2 Å². The molecule has 15 heteroatoms. The average Bonchev–Trinajstić information content (AvgIpc) is 3.56. The molecule has 0 spiro atoms. The van der Waals surface area contributed by atoms with Crippen LogP contribution in [0.15, 0.2) is 70.9 Å². The third-order valence-electron chi connectivity index (χ3n) is 5.98. The van der Waals surface area contributed by atoms with Gasteiger partial charge in [0.2, 0.25) is 0 Å². The van der Waals surface area contributed by atoms with E-state index >= 15 is 0 Å². The van der Waals surface area contributed by atoms with Crippen LogP contribution in [0.3, 0.4) is 0 Å². The maximum atomic E-state index is 11.6. The fourth-order valence-electron chi connectivity index (χ4n) is 4.02. The second-order valence-electron chi connectivity index (χ2n) is 8.64. The Balaban J connectivity index is 1.64. The van der Waals surface area contributed by atoms with E-state index < -0.39 is 10.8 Å². The highest BCUT2D eigenvalue weighted by Crippen LogP contribution is 2.41. The Morgan fingerprint density at radius 1 is 0.825 bits per heavy atom. The van der Waals surface area contributed by atoms with E-state index in [9.17, 15) is 20.3 Å². The van der Waals surface area contributed by atoms with Crippen molar-refractivity contribution in [2.45, 2.75) is 19.8 Å². The Morgan fingerprint density at radius 3 is 1.80 bits per heavy atom. The van der Waals surface area contributed by atoms with Crippen molar-refractivity contribution in [1.82, 2.24) is 40.6 Å². The number of hydrogen-bond acceptors (Lipinski definition) is 12. The van der Waals surface area contributed by atoms with Gasteiger partial charge in [0.05, 0.1) is 17.4 Å².